The van der Waals surface area contributed by atoms with E-state index in [4.69, 9.17) is 28.2 Å². The van der Waals surface area contributed by atoms with E-state index >= 15 is 0 Å². The number of nitrogens with zero attached hydrogens (tertiary/aromatic N) is 7. The van der Waals surface area contributed by atoms with Crippen LogP contribution < -0.4 is 20.0 Å². The first-order valence-electron chi connectivity index (χ1n) is 12.8. The number of halogens is 3. The third kappa shape index (κ3) is 4.84. The van der Waals surface area contributed by atoms with Crippen LogP contribution >= 0.6 is 39.1 Å². The van der Waals surface area contributed by atoms with E-state index in [0.29, 0.717) is 62.6 Å². The zero-order valence-electron chi connectivity index (χ0n) is 21.5. The molecule has 3 aliphatic heterocycles. The van der Waals surface area contributed by atoms with Gasteiger partial charge in [0.15, 0.2) is 5.82 Å². The quantitative estimate of drug-likeness (QED) is 0.390. The van der Waals surface area contributed by atoms with Gasteiger partial charge in [0.05, 0.1) is 28.0 Å². The van der Waals surface area contributed by atoms with Gasteiger partial charge in [-0.05, 0) is 73.2 Å². The molecule has 0 saturated carbocycles. The summed E-state index contributed by atoms with van der Waals surface area (Å²) in [7, 11) is 4.27. The number of aliphatic imine (C=N–C) groups is 1. The summed E-state index contributed by atoms with van der Waals surface area (Å²) in [6.07, 6.45) is 3.76. The molecule has 1 saturated heterocycles. The van der Waals surface area contributed by atoms with Crippen molar-refractivity contribution in [3.05, 3.63) is 62.7 Å². The van der Waals surface area contributed by atoms with Crippen LogP contribution in [0.3, 0.4) is 0 Å². The van der Waals surface area contributed by atoms with Gasteiger partial charge in [0.25, 0.3) is 5.91 Å². The van der Waals surface area contributed by atoms with Gasteiger partial charge in [-0.25, -0.2) is 9.88 Å². The number of piperidine rings is 1. The molecule has 0 radical (unpaired) electrons. The number of hydrogen-bond donors (Lipinski definition) is 1. The number of fused-ring (bicyclic) bond motifs is 3. The molecule has 0 unspecified atom stereocenters. The van der Waals surface area contributed by atoms with Gasteiger partial charge < -0.3 is 15.1 Å². The Morgan fingerprint density at radius 2 is 1.87 bits per heavy atom. The number of nitrogens with one attached hydrogen (secondary N) is 1. The molecule has 202 valence electrons. The monoisotopic (exact) mass is 628 g/mol. The van der Waals surface area contributed by atoms with Crippen LogP contribution in [0.25, 0.3) is 0 Å². The Hall–Kier alpha value is -2.92. The number of aromatic nitrogens is 2. The molecule has 12 heteroatoms. The minimum Gasteiger partial charge on any atom is -0.370 e. The number of hydrogen-bond acceptors (Lipinski definition) is 8. The number of para-hydroxylation sites is 1. The molecular weight excluding hydrogens is 603 g/mol. The average Bonchev–Trinajstić information content (AvgIpc) is 3.40. The molecule has 0 spiro atoms. The van der Waals surface area contributed by atoms with Gasteiger partial charge in [-0.15, -0.1) is 0 Å². The summed E-state index contributed by atoms with van der Waals surface area (Å²) in [6, 6.07) is 11.9. The Morgan fingerprint density at radius 3 is 2.59 bits per heavy atom. The highest BCUT2D eigenvalue weighted by atomic mass is 79.9. The molecular formula is C27H27BrCl2N8O. The molecule has 3 aliphatic rings. The first-order chi connectivity index (χ1) is 18.8. The molecule has 3 aromatic rings. The van der Waals surface area contributed by atoms with Gasteiger partial charge >= 0.3 is 0 Å². The van der Waals surface area contributed by atoms with Crippen LogP contribution in [0.2, 0.25) is 10.0 Å². The summed E-state index contributed by atoms with van der Waals surface area (Å²) in [4.78, 5) is 35.5. The maximum absolute atomic E-state index is 13.6. The second-order valence-electron chi connectivity index (χ2n) is 9.95. The lowest BCUT2D eigenvalue weighted by molar-refractivity contribution is 0.0999. The van der Waals surface area contributed by atoms with Crippen molar-refractivity contribution in [2.45, 2.75) is 18.9 Å². The SMILES string of the molecule is CN(C)C1CCN(c2ccc(Nc3ncc4c(n3)N3CCN=C3N(c3c(Cl)cccc3Br)C4=O)cc2Cl)CC1. The number of anilines is 5. The van der Waals surface area contributed by atoms with Crippen molar-refractivity contribution < 1.29 is 4.79 Å². The Balaban J connectivity index is 1.25. The predicted octanol–water partition coefficient (Wildman–Crippen LogP) is 5.66. The Morgan fingerprint density at radius 1 is 1.08 bits per heavy atom. The zero-order chi connectivity index (χ0) is 27.3. The van der Waals surface area contributed by atoms with Crippen LogP contribution in [-0.2, 0) is 0 Å². The van der Waals surface area contributed by atoms with Crippen molar-refractivity contribution in [3.63, 3.8) is 0 Å². The van der Waals surface area contributed by atoms with Crippen LogP contribution in [0, 0.1) is 0 Å². The molecule has 1 aromatic heterocycles. The Kier molecular flexibility index (Phi) is 7.13. The highest BCUT2D eigenvalue weighted by Gasteiger charge is 2.41. The van der Waals surface area contributed by atoms with Gasteiger partial charge in [0, 0.05) is 42.0 Å². The van der Waals surface area contributed by atoms with E-state index < -0.39 is 0 Å². The van der Waals surface area contributed by atoms with Crippen molar-refractivity contribution >= 4 is 79.8 Å². The zero-order valence-corrected chi connectivity index (χ0v) is 24.6. The van der Waals surface area contributed by atoms with Crippen molar-refractivity contribution in [2.24, 2.45) is 4.99 Å². The lowest BCUT2D eigenvalue weighted by Gasteiger charge is -2.37. The average molecular weight is 630 g/mol. The summed E-state index contributed by atoms with van der Waals surface area (Å²) < 4.78 is 0.697. The van der Waals surface area contributed by atoms with Crippen molar-refractivity contribution in [3.8, 4) is 0 Å². The normalized spacial score (nSPS) is 17.4. The first kappa shape index (κ1) is 26.3. The number of benzene rings is 2. The topological polar surface area (TPSA) is 80.2 Å². The summed E-state index contributed by atoms with van der Waals surface area (Å²) in [5.41, 5.74) is 2.72. The summed E-state index contributed by atoms with van der Waals surface area (Å²) in [6.45, 7) is 3.07. The maximum Gasteiger partial charge on any atom is 0.270 e. The minimum absolute atomic E-state index is 0.285. The van der Waals surface area contributed by atoms with Crippen LogP contribution in [0.4, 0.5) is 28.8 Å². The fourth-order valence-corrected chi connectivity index (χ4v) is 6.54. The third-order valence-electron chi connectivity index (χ3n) is 7.38. The number of carbonyl (C=O) groups excluding carboxylic acids is 1. The molecule has 39 heavy (non-hydrogen) atoms. The van der Waals surface area contributed by atoms with Gasteiger partial charge in [0.2, 0.25) is 11.9 Å². The van der Waals surface area contributed by atoms with Gasteiger partial charge in [-0.2, -0.15) is 4.98 Å². The molecule has 4 heterocycles. The smallest absolute Gasteiger partial charge is 0.270 e. The molecule has 0 bridgehead atoms. The number of rotatable bonds is 5. The molecule has 6 rings (SSSR count). The van der Waals surface area contributed by atoms with E-state index in [1.807, 2.05) is 35.2 Å². The molecule has 0 aliphatic carbocycles. The van der Waals surface area contributed by atoms with Crippen LogP contribution in [-0.4, -0.2) is 73.1 Å². The van der Waals surface area contributed by atoms with E-state index in [9.17, 15) is 4.79 Å². The second kappa shape index (κ2) is 10.6. The van der Waals surface area contributed by atoms with Crippen molar-refractivity contribution in [1.29, 1.82) is 0 Å². The van der Waals surface area contributed by atoms with E-state index in [-0.39, 0.29) is 5.91 Å². The summed E-state index contributed by atoms with van der Waals surface area (Å²) in [5.74, 6) is 1.10. The number of amides is 1. The van der Waals surface area contributed by atoms with Gasteiger partial charge in [0.1, 0.15) is 5.56 Å². The fourth-order valence-electron chi connectivity index (χ4n) is 5.33. The summed E-state index contributed by atoms with van der Waals surface area (Å²) >= 11 is 16.7. The highest BCUT2D eigenvalue weighted by Crippen LogP contribution is 2.40. The minimum atomic E-state index is -0.285. The molecule has 1 amide bonds. The van der Waals surface area contributed by atoms with Crippen LogP contribution in [0.1, 0.15) is 23.2 Å². The predicted molar refractivity (Wildman–Crippen MR) is 161 cm³/mol. The van der Waals surface area contributed by atoms with Crippen molar-refractivity contribution in [1.82, 2.24) is 14.9 Å². The maximum atomic E-state index is 13.6. The van der Waals surface area contributed by atoms with Crippen LogP contribution in [0.15, 0.2) is 52.1 Å². The summed E-state index contributed by atoms with van der Waals surface area (Å²) in [5, 5.41) is 4.37. The van der Waals surface area contributed by atoms with Gasteiger partial charge in [-0.3, -0.25) is 14.7 Å². The standard InChI is InChI=1S/C27H27BrCl2N8O/c1-35(2)17-8-11-36(12-9-17)22-7-6-16(14-21(22)30)33-26-32-15-18-24(34-26)37-13-10-31-27(37)38(25(18)39)23-19(28)4-3-5-20(23)29/h3-7,14-15,17H,8-13H2,1-2H3,(H,32,33,34). The fraction of sp³-hybridized carbons (Fsp3) is 0.333. The molecule has 9 nitrogen and oxygen atoms in total. The van der Waals surface area contributed by atoms with Gasteiger partial charge in [-0.1, -0.05) is 29.3 Å². The Bertz CT molecular complexity index is 1450. The Labute approximate surface area is 245 Å². The molecule has 2 aromatic carbocycles. The largest absolute Gasteiger partial charge is 0.370 e. The highest BCUT2D eigenvalue weighted by molar-refractivity contribution is 9.10. The number of carbonyl (C=O) groups is 1. The van der Waals surface area contributed by atoms with Crippen LogP contribution in [0.5, 0.6) is 0 Å². The van der Waals surface area contributed by atoms with Crippen molar-refractivity contribution in [2.75, 3.05) is 60.3 Å². The molecule has 0 atom stereocenters. The molecule has 1 fully saturated rings. The lowest BCUT2D eigenvalue weighted by Crippen LogP contribution is -2.51. The first-order valence-corrected chi connectivity index (χ1v) is 14.3. The number of guanidine groups is 1. The van der Waals surface area contributed by atoms with E-state index in [0.717, 1.165) is 37.3 Å². The lowest BCUT2D eigenvalue weighted by atomic mass is 10.0. The molecule has 1 N–H and O–H groups in total. The second-order valence-corrected chi connectivity index (χ2v) is 11.6. The third-order valence-corrected chi connectivity index (χ3v) is 8.62. The van der Waals surface area contributed by atoms with E-state index in [2.05, 4.69) is 55.1 Å². The van der Waals surface area contributed by atoms with E-state index in [1.54, 1.807) is 12.3 Å². The van der Waals surface area contributed by atoms with E-state index in [1.165, 1.54) is 4.90 Å².